The summed E-state index contributed by atoms with van der Waals surface area (Å²) in [4.78, 5) is 4.54. The molecule has 0 aromatic heterocycles. The number of nitrogens with zero attached hydrogens (tertiary/aromatic N) is 2. The molecule has 0 bridgehead atoms. The number of nitrogens with one attached hydrogen (secondary N) is 2. The molecule has 1 saturated carbocycles. The van der Waals surface area contributed by atoms with E-state index in [1.165, 1.54) is 18.6 Å². The van der Waals surface area contributed by atoms with Gasteiger partial charge in [0.25, 0.3) is 0 Å². The molecule has 0 aromatic rings. The van der Waals surface area contributed by atoms with Crippen molar-refractivity contribution >= 4 is 39.5 Å². The van der Waals surface area contributed by atoms with Crippen LogP contribution in [0, 0.1) is 0 Å². The topological polar surface area (TPSA) is 73.8 Å². The van der Waals surface area contributed by atoms with E-state index in [-0.39, 0.29) is 5.75 Å². The molecular formula is C17H34N4O2S3. The number of thioether (sulfide) groups is 2. The average Bonchev–Trinajstić information content (AvgIpc) is 2.63. The molecule has 1 heterocycles. The van der Waals surface area contributed by atoms with Crippen LogP contribution in [0.2, 0.25) is 0 Å². The van der Waals surface area contributed by atoms with E-state index in [1.54, 1.807) is 4.31 Å². The lowest BCUT2D eigenvalue weighted by Gasteiger charge is -2.30. The molecule has 0 radical (unpaired) electrons. The Balaban J connectivity index is 1.85. The number of sulfonamides is 1. The van der Waals surface area contributed by atoms with Crippen molar-refractivity contribution in [2.75, 3.05) is 49.2 Å². The van der Waals surface area contributed by atoms with E-state index in [2.05, 4.69) is 22.5 Å². The second-order valence-corrected chi connectivity index (χ2v) is 11.6. The maximum atomic E-state index is 12.4. The van der Waals surface area contributed by atoms with Gasteiger partial charge in [-0.2, -0.15) is 23.5 Å². The predicted molar refractivity (Wildman–Crippen MR) is 116 cm³/mol. The van der Waals surface area contributed by atoms with Crippen molar-refractivity contribution in [3.05, 3.63) is 0 Å². The highest BCUT2D eigenvalue weighted by Gasteiger charge is 2.24. The summed E-state index contributed by atoms with van der Waals surface area (Å²) in [7, 11) is -3.19. The summed E-state index contributed by atoms with van der Waals surface area (Å²) in [5.41, 5.74) is 0. The molecule has 0 spiro atoms. The van der Waals surface area contributed by atoms with Crippen LogP contribution in [-0.2, 0) is 10.0 Å². The van der Waals surface area contributed by atoms with E-state index in [9.17, 15) is 8.42 Å². The van der Waals surface area contributed by atoms with Crippen LogP contribution in [0.4, 0.5) is 0 Å². The molecule has 1 saturated heterocycles. The molecule has 0 aromatic carbocycles. The minimum absolute atomic E-state index is 0.0905. The third kappa shape index (κ3) is 7.48. The second kappa shape index (κ2) is 11.7. The highest BCUT2D eigenvalue weighted by molar-refractivity contribution is 8.00. The number of rotatable bonds is 8. The molecule has 26 heavy (non-hydrogen) atoms. The zero-order valence-electron chi connectivity index (χ0n) is 16.1. The lowest BCUT2D eigenvalue weighted by Crippen LogP contribution is -2.46. The Kier molecular flexibility index (Phi) is 9.94. The van der Waals surface area contributed by atoms with Crippen molar-refractivity contribution in [1.29, 1.82) is 0 Å². The fraction of sp³-hybridized carbons (Fsp3) is 0.941. The summed E-state index contributed by atoms with van der Waals surface area (Å²) < 4.78 is 26.5. The molecular weight excluding hydrogens is 388 g/mol. The van der Waals surface area contributed by atoms with Crippen LogP contribution in [0.5, 0.6) is 0 Å². The first-order valence-electron chi connectivity index (χ1n) is 9.77. The minimum Gasteiger partial charge on any atom is -0.357 e. The fourth-order valence-corrected chi connectivity index (χ4v) is 7.03. The Morgan fingerprint density at radius 3 is 2.73 bits per heavy atom. The summed E-state index contributed by atoms with van der Waals surface area (Å²) in [5.74, 6) is 3.80. The van der Waals surface area contributed by atoms with Gasteiger partial charge in [0.15, 0.2) is 5.96 Å². The number of guanidine groups is 1. The van der Waals surface area contributed by atoms with Crippen LogP contribution in [0.3, 0.4) is 0 Å². The molecule has 2 rings (SSSR count). The Hall–Kier alpha value is -0.120. The fourth-order valence-electron chi connectivity index (χ4n) is 3.40. The SMILES string of the molecule is CCNC(=NCCS(=O)(=O)N1CCSCC1)NC1CCCC(SCC)C1. The first-order chi connectivity index (χ1) is 12.5. The van der Waals surface area contributed by atoms with Crippen molar-refractivity contribution in [3.63, 3.8) is 0 Å². The zero-order valence-corrected chi connectivity index (χ0v) is 18.5. The third-order valence-corrected chi connectivity index (χ3v) is 8.72. The second-order valence-electron chi connectivity index (χ2n) is 6.67. The van der Waals surface area contributed by atoms with Gasteiger partial charge in [0, 0.05) is 42.4 Å². The van der Waals surface area contributed by atoms with E-state index in [4.69, 9.17) is 0 Å². The van der Waals surface area contributed by atoms with Gasteiger partial charge in [-0.1, -0.05) is 13.3 Å². The largest absolute Gasteiger partial charge is 0.357 e. The molecule has 6 nitrogen and oxygen atoms in total. The lowest BCUT2D eigenvalue weighted by molar-refractivity contribution is 0.419. The first-order valence-corrected chi connectivity index (χ1v) is 13.6. The van der Waals surface area contributed by atoms with E-state index < -0.39 is 10.0 Å². The molecule has 152 valence electrons. The van der Waals surface area contributed by atoms with Gasteiger partial charge in [-0.15, -0.1) is 0 Å². The Morgan fingerprint density at radius 2 is 2.04 bits per heavy atom. The highest BCUT2D eigenvalue weighted by Crippen LogP contribution is 2.28. The molecule has 1 aliphatic carbocycles. The van der Waals surface area contributed by atoms with Gasteiger partial charge in [-0.25, -0.2) is 12.7 Å². The molecule has 2 aliphatic rings. The zero-order chi connectivity index (χ0) is 18.8. The van der Waals surface area contributed by atoms with Crippen LogP contribution in [0.25, 0.3) is 0 Å². The highest BCUT2D eigenvalue weighted by atomic mass is 32.2. The van der Waals surface area contributed by atoms with Gasteiger partial charge in [0.1, 0.15) is 0 Å². The minimum atomic E-state index is -3.19. The van der Waals surface area contributed by atoms with Gasteiger partial charge in [0.2, 0.25) is 10.0 Å². The number of hydrogen-bond acceptors (Lipinski definition) is 5. The van der Waals surface area contributed by atoms with Gasteiger partial charge in [0.05, 0.1) is 12.3 Å². The maximum Gasteiger partial charge on any atom is 0.215 e. The maximum absolute atomic E-state index is 12.4. The summed E-state index contributed by atoms with van der Waals surface area (Å²) in [6, 6.07) is 0.432. The molecule has 9 heteroatoms. The van der Waals surface area contributed by atoms with Gasteiger partial charge in [-0.3, -0.25) is 4.99 Å². The van der Waals surface area contributed by atoms with Gasteiger partial charge < -0.3 is 10.6 Å². The molecule has 0 amide bonds. The van der Waals surface area contributed by atoms with Crippen molar-refractivity contribution in [1.82, 2.24) is 14.9 Å². The quantitative estimate of drug-likeness (QED) is 0.460. The lowest BCUT2D eigenvalue weighted by atomic mass is 9.95. The van der Waals surface area contributed by atoms with Crippen LogP contribution < -0.4 is 10.6 Å². The molecule has 2 fully saturated rings. The van der Waals surface area contributed by atoms with E-state index in [0.29, 0.717) is 25.7 Å². The van der Waals surface area contributed by atoms with Crippen molar-refractivity contribution in [2.24, 2.45) is 4.99 Å². The molecule has 2 unspecified atom stereocenters. The summed E-state index contributed by atoms with van der Waals surface area (Å²) in [6.45, 7) is 6.61. The van der Waals surface area contributed by atoms with Crippen molar-refractivity contribution in [3.8, 4) is 0 Å². The third-order valence-electron chi connectivity index (χ3n) is 4.70. The summed E-state index contributed by atoms with van der Waals surface area (Å²) >= 11 is 3.86. The molecule has 2 atom stereocenters. The van der Waals surface area contributed by atoms with Crippen molar-refractivity contribution < 1.29 is 8.42 Å². The van der Waals surface area contributed by atoms with E-state index in [1.807, 2.05) is 30.4 Å². The Bertz CT molecular complexity index is 534. The van der Waals surface area contributed by atoms with E-state index in [0.717, 1.165) is 42.1 Å². The summed E-state index contributed by atoms with van der Waals surface area (Å²) in [5, 5.41) is 7.52. The standard InChI is InChI=1S/C17H34N4O2S3/c1-3-18-17(20-15-6-5-7-16(14-15)25-4-2)19-8-13-26(22,23)21-9-11-24-12-10-21/h15-16H,3-14H2,1-2H3,(H2,18,19,20). The number of hydrogen-bond donors (Lipinski definition) is 2. The Labute approximate surface area is 167 Å². The average molecular weight is 423 g/mol. The molecule has 1 aliphatic heterocycles. The van der Waals surface area contributed by atoms with Crippen LogP contribution >= 0.6 is 23.5 Å². The van der Waals surface area contributed by atoms with Gasteiger partial charge >= 0.3 is 0 Å². The first kappa shape index (κ1) is 22.2. The normalized spacial score (nSPS) is 25.8. The predicted octanol–water partition coefficient (Wildman–Crippen LogP) is 1.98. The summed E-state index contributed by atoms with van der Waals surface area (Å²) in [6.07, 6.45) is 4.87. The van der Waals surface area contributed by atoms with Gasteiger partial charge in [-0.05, 0) is 31.9 Å². The van der Waals surface area contributed by atoms with Crippen LogP contribution in [0.15, 0.2) is 4.99 Å². The van der Waals surface area contributed by atoms with Crippen LogP contribution in [0.1, 0.15) is 39.5 Å². The molecule has 2 N–H and O–H groups in total. The Morgan fingerprint density at radius 1 is 1.27 bits per heavy atom. The number of aliphatic imine (C=N–C) groups is 1. The van der Waals surface area contributed by atoms with Crippen LogP contribution in [-0.4, -0.2) is 79.2 Å². The monoisotopic (exact) mass is 422 g/mol. The van der Waals surface area contributed by atoms with E-state index >= 15 is 0 Å². The smallest absolute Gasteiger partial charge is 0.215 e. The van der Waals surface area contributed by atoms with Crippen molar-refractivity contribution in [2.45, 2.75) is 50.8 Å².